The van der Waals surface area contributed by atoms with Crippen LogP contribution in [-0.4, -0.2) is 53.0 Å². The van der Waals surface area contributed by atoms with Crippen molar-refractivity contribution in [2.24, 2.45) is 5.92 Å². The van der Waals surface area contributed by atoms with E-state index >= 15 is 0 Å². The second-order valence-electron chi connectivity index (χ2n) is 7.96. The summed E-state index contributed by atoms with van der Waals surface area (Å²) >= 11 is 0. The van der Waals surface area contributed by atoms with E-state index in [2.05, 4.69) is 9.97 Å². The van der Waals surface area contributed by atoms with Crippen LogP contribution in [0.15, 0.2) is 48.7 Å². The van der Waals surface area contributed by atoms with Gasteiger partial charge in [0.2, 0.25) is 10.0 Å². The van der Waals surface area contributed by atoms with Gasteiger partial charge in [0.25, 0.3) is 0 Å². The maximum Gasteiger partial charge on any atom is 0.213 e. The SMILES string of the molecule is CCS(=O)(=O)N1CCC(Cc2cnc(C3=CC(=O)C(c4ccccc4)=CC3=N)[nH]2)CC1. The molecule has 1 aromatic carbocycles. The van der Waals surface area contributed by atoms with Gasteiger partial charge in [0.15, 0.2) is 5.78 Å². The molecule has 0 atom stereocenters. The summed E-state index contributed by atoms with van der Waals surface area (Å²) in [5, 5.41) is 8.39. The molecule has 31 heavy (non-hydrogen) atoms. The Bertz CT molecular complexity index is 1150. The van der Waals surface area contributed by atoms with E-state index in [0.717, 1.165) is 30.5 Å². The Morgan fingerprint density at radius 1 is 1.13 bits per heavy atom. The van der Waals surface area contributed by atoms with Gasteiger partial charge in [-0.3, -0.25) is 4.79 Å². The minimum atomic E-state index is -3.12. The summed E-state index contributed by atoms with van der Waals surface area (Å²) in [7, 11) is -3.12. The third-order valence-electron chi connectivity index (χ3n) is 5.93. The van der Waals surface area contributed by atoms with Gasteiger partial charge in [-0.2, -0.15) is 0 Å². The Kier molecular flexibility index (Phi) is 6.02. The monoisotopic (exact) mass is 438 g/mol. The van der Waals surface area contributed by atoms with Crippen LogP contribution in [0.4, 0.5) is 0 Å². The molecule has 7 nitrogen and oxygen atoms in total. The first-order valence-electron chi connectivity index (χ1n) is 10.5. The summed E-state index contributed by atoms with van der Waals surface area (Å²) in [5.41, 5.74) is 2.97. The van der Waals surface area contributed by atoms with Gasteiger partial charge in [-0.05, 0) is 49.8 Å². The predicted octanol–water partition coefficient (Wildman–Crippen LogP) is 3.08. The average Bonchev–Trinajstić information content (AvgIpc) is 3.24. The second-order valence-corrected chi connectivity index (χ2v) is 10.2. The van der Waals surface area contributed by atoms with E-state index in [1.54, 1.807) is 23.5 Å². The molecule has 0 spiro atoms. The Hall–Kier alpha value is -2.84. The van der Waals surface area contributed by atoms with Crippen LogP contribution in [0.1, 0.15) is 36.8 Å². The number of benzene rings is 1. The first kappa shape index (κ1) is 21.4. The third kappa shape index (κ3) is 4.60. The van der Waals surface area contributed by atoms with Crippen molar-refractivity contribution >= 4 is 32.7 Å². The lowest BCUT2D eigenvalue weighted by molar-refractivity contribution is -0.109. The maximum absolute atomic E-state index is 12.6. The summed E-state index contributed by atoms with van der Waals surface area (Å²) in [4.78, 5) is 20.3. The summed E-state index contributed by atoms with van der Waals surface area (Å²) in [6, 6.07) is 9.34. The van der Waals surface area contributed by atoms with Gasteiger partial charge < -0.3 is 10.4 Å². The molecule has 1 aliphatic heterocycles. The molecule has 162 valence electrons. The zero-order chi connectivity index (χ0) is 22.0. The van der Waals surface area contributed by atoms with Crippen LogP contribution in [0.25, 0.3) is 11.1 Å². The van der Waals surface area contributed by atoms with Gasteiger partial charge in [0.1, 0.15) is 5.82 Å². The van der Waals surface area contributed by atoms with Gasteiger partial charge in [0, 0.05) is 36.1 Å². The fraction of sp³-hybridized carbons (Fsp3) is 0.348. The lowest BCUT2D eigenvalue weighted by Gasteiger charge is -2.30. The first-order valence-corrected chi connectivity index (χ1v) is 12.1. The largest absolute Gasteiger partial charge is 0.342 e. The molecule has 0 saturated carbocycles. The molecule has 0 unspecified atom stereocenters. The highest BCUT2D eigenvalue weighted by Gasteiger charge is 2.27. The fourth-order valence-corrected chi connectivity index (χ4v) is 5.24. The zero-order valence-electron chi connectivity index (χ0n) is 17.5. The molecule has 1 aromatic heterocycles. The molecule has 2 N–H and O–H groups in total. The molecular weight excluding hydrogens is 412 g/mol. The number of carbonyl (C=O) groups excluding carboxylic acids is 1. The summed E-state index contributed by atoms with van der Waals surface area (Å²) in [5.74, 6) is 0.895. The lowest BCUT2D eigenvalue weighted by Crippen LogP contribution is -2.39. The Morgan fingerprint density at radius 2 is 1.84 bits per heavy atom. The molecule has 2 aliphatic rings. The molecule has 2 heterocycles. The van der Waals surface area contributed by atoms with Crippen LogP contribution in [0, 0.1) is 11.3 Å². The highest BCUT2D eigenvalue weighted by Crippen LogP contribution is 2.27. The number of sulfonamides is 1. The molecule has 1 fully saturated rings. The average molecular weight is 439 g/mol. The number of imidazole rings is 1. The number of piperidine rings is 1. The predicted molar refractivity (Wildman–Crippen MR) is 121 cm³/mol. The Balaban J connectivity index is 1.42. The van der Waals surface area contributed by atoms with Crippen molar-refractivity contribution in [1.29, 1.82) is 5.41 Å². The minimum Gasteiger partial charge on any atom is -0.342 e. The number of nitrogens with zero attached hydrogens (tertiary/aromatic N) is 2. The van der Waals surface area contributed by atoms with E-state index in [0.29, 0.717) is 36.0 Å². The molecule has 2 aromatic rings. The van der Waals surface area contributed by atoms with Crippen LogP contribution in [0.2, 0.25) is 0 Å². The van der Waals surface area contributed by atoms with E-state index in [4.69, 9.17) is 5.41 Å². The van der Waals surface area contributed by atoms with Gasteiger partial charge in [-0.25, -0.2) is 17.7 Å². The third-order valence-corrected chi connectivity index (χ3v) is 7.81. The highest BCUT2D eigenvalue weighted by atomic mass is 32.2. The quantitative estimate of drug-likeness (QED) is 0.676. The Morgan fingerprint density at radius 3 is 2.52 bits per heavy atom. The van der Waals surface area contributed by atoms with Gasteiger partial charge in [-0.1, -0.05) is 30.3 Å². The van der Waals surface area contributed by atoms with Crippen LogP contribution in [0.5, 0.6) is 0 Å². The highest BCUT2D eigenvalue weighted by molar-refractivity contribution is 7.89. The van der Waals surface area contributed by atoms with E-state index in [-0.39, 0.29) is 17.2 Å². The number of aromatic nitrogens is 2. The van der Waals surface area contributed by atoms with Crippen molar-refractivity contribution in [3.8, 4) is 0 Å². The number of allylic oxidation sites excluding steroid dienone is 4. The normalized spacial score (nSPS) is 18.7. The van der Waals surface area contributed by atoms with E-state index < -0.39 is 10.0 Å². The molecule has 0 bridgehead atoms. The molecule has 1 aliphatic carbocycles. The minimum absolute atomic E-state index is 0.139. The van der Waals surface area contributed by atoms with Crippen molar-refractivity contribution < 1.29 is 13.2 Å². The smallest absolute Gasteiger partial charge is 0.213 e. The van der Waals surface area contributed by atoms with Crippen molar-refractivity contribution in [3.63, 3.8) is 0 Å². The van der Waals surface area contributed by atoms with E-state index in [1.165, 1.54) is 6.08 Å². The Labute approximate surface area is 182 Å². The van der Waals surface area contributed by atoms with E-state index in [1.807, 2.05) is 30.3 Å². The van der Waals surface area contributed by atoms with E-state index in [9.17, 15) is 13.2 Å². The van der Waals surface area contributed by atoms with Gasteiger partial charge >= 0.3 is 0 Å². The number of hydrogen-bond donors (Lipinski definition) is 2. The molecule has 0 amide bonds. The number of ketones is 1. The fourth-order valence-electron chi connectivity index (χ4n) is 4.10. The lowest BCUT2D eigenvalue weighted by atomic mass is 9.91. The number of aromatic amines is 1. The van der Waals surface area contributed by atoms with Crippen molar-refractivity contribution in [2.75, 3.05) is 18.8 Å². The topological polar surface area (TPSA) is 107 Å². The molecule has 1 saturated heterocycles. The first-order chi connectivity index (χ1) is 14.9. The summed E-state index contributed by atoms with van der Waals surface area (Å²) in [6.45, 7) is 2.78. The van der Waals surface area contributed by atoms with Crippen LogP contribution >= 0.6 is 0 Å². The van der Waals surface area contributed by atoms with Crippen molar-refractivity contribution in [1.82, 2.24) is 14.3 Å². The van der Waals surface area contributed by atoms with Gasteiger partial charge in [0.05, 0.1) is 11.5 Å². The van der Waals surface area contributed by atoms with Crippen LogP contribution in [-0.2, 0) is 21.2 Å². The summed E-state index contributed by atoms with van der Waals surface area (Å²) < 4.78 is 25.6. The number of carbonyl (C=O) groups is 1. The van der Waals surface area contributed by atoms with Crippen LogP contribution < -0.4 is 0 Å². The van der Waals surface area contributed by atoms with Crippen molar-refractivity contribution in [3.05, 3.63) is 65.8 Å². The van der Waals surface area contributed by atoms with Gasteiger partial charge in [-0.15, -0.1) is 0 Å². The molecule has 8 heteroatoms. The number of H-pyrrole nitrogens is 1. The maximum atomic E-state index is 12.6. The standard InChI is InChI=1S/C23H26N4O3S/c1-2-31(29,30)27-10-8-16(9-11-27)12-18-15-25-23(26-18)20-14-22(28)19(13-21(20)24)17-6-4-3-5-7-17/h3-7,13-16,24H,2,8-12H2,1H3,(H,25,26). The zero-order valence-corrected chi connectivity index (χ0v) is 18.3. The molecule has 0 radical (unpaired) electrons. The summed E-state index contributed by atoms with van der Waals surface area (Å²) in [6.07, 6.45) is 7.22. The number of hydrogen-bond acceptors (Lipinski definition) is 5. The number of nitrogens with one attached hydrogen (secondary N) is 2. The van der Waals surface area contributed by atoms with Crippen molar-refractivity contribution in [2.45, 2.75) is 26.2 Å². The number of rotatable bonds is 6. The molecular formula is C23H26N4O3S. The molecule has 4 rings (SSSR count). The van der Waals surface area contributed by atoms with Crippen LogP contribution in [0.3, 0.4) is 0 Å². The second kappa shape index (κ2) is 8.72.